The van der Waals surface area contributed by atoms with E-state index in [0.717, 1.165) is 116 Å². The van der Waals surface area contributed by atoms with E-state index in [1.807, 2.05) is 30.5 Å². The average Bonchev–Trinajstić information content (AvgIpc) is 3.70. The molecule has 0 fully saturated rings. The Bertz CT molecular complexity index is 3470. The lowest BCUT2D eigenvalue weighted by Gasteiger charge is -2.26. The maximum Gasteiger partial charge on any atom is 0.154 e. The molecule has 280 valence electrons. The van der Waals surface area contributed by atoms with Gasteiger partial charge in [0, 0.05) is 64.4 Å². The first-order valence-electron chi connectivity index (χ1n) is 19.8. The number of para-hydroxylation sites is 1. The Morgan fingerprint density at radius 1 is 0.367 bits per heavy atom. The molecule has 0 unspecified atom stereocenters. The van der Waals surface area contributed by atoms with Crippen LogP contribution < -0.4 is 4.90 Å². The molecule has 4 aromatic heterocycles. The second kappa shape index (κ2) is 13.7. The van der Waals surface area contributed by atoms with Gasteiger partial charge in [-0.1, -0.05) is 78.9 Å². The van der Waals surface area contributed by atoms with E-state index in [4.69, 9.17) is 4.42 Å². The summed E-state index contributed by atoms with van der Waals surface area (Å²) in [4.78, 5) is 24.8. The zero-order valence-corrected chi connectivity index (χ0v) is 32.1. The van der Waals surface area contributed by atoms with Crippen LogP contribution in [0.5, 0.6) is 0 Å². The molecule has 4 heterocycles. The Morgan fingerprint density at radius 3 is 1.47 bits per heavy atom. The van der Waals surface area contributed by atoms with E-state index in [-0.39, 0.29) is 0 Å². The van der Waals surface area contributed by atoms with Crippen LogP contribution in [0.4, 0.5) is 17.1 Å². The van der Waals surface area contributed by atoms with Gasteiger partial charge in [0.25, 0.3) is 0 Å². The second-order valence-corrected chi connectivity index (χ2v) is 15.1. The molecule has 0 spiro atoms. The van der Waals surface area contributed by atoms with Gasteiger partial charge in [-0.2, -0.15) is 0 Å². The number of hydrogen-bond acceptors (Lipinski definition) is 7. The highest BCUT2D eigenvalue weighted by Crippen LogP contribution is 2.41. The topological polar surface area (TPSA) is 80.8 Å². The zero-order chi connectivity index (χ0) is 39.6. The highest BCUT2D eigenvalue weighted by Gasteiger charge is 2.17. The van der Waals surface area contributed by atoms with Gasteiger partial charge in [-0.15, -0.1) is 0 Å². The maximum atomic E-state index is 6.18. The molecule has 0 N–H and O–H groups in total. The van der Waals surface area contributed by atoms with E-state index < -0.39 is 0 Å². The van der Waals surface area contributed by atoms with Gasteiger partial charge < -0.3 is 9.32 Å². The van der Waals surface area contributed by atoms with Crippen LogP contribution in [0, 0.1) is 0 Å². The molecule has 0 radical (unpaired) electrons. The molecule has 8 aromatic carbocycles. The number of hydrogen-bond donors (Lipinski definition) is 0. The van der Waals surface area contributed by atoms with Crippen molar-refractivity contribution in [2.75, 3.05) is 4.90 Å². The highest BCUT2D eigenvalue weighted by molar-refractivity contribution is 6.12. The van der Waals surface area contributed by atoms with Crippen LogP contribution in [0.25, 0.3) is 98.9 Å². The van der Waals surface area contributed by atoms with Crippen LogP contribution in [0.3, 0.4) is 0 Å². The van der Waals surface area contributed by atoms with E-state index in [1.165, 1.54) is 0 Å². The van der Waals surface area contributed by atoms with Crippen molar-refractivity contribution < 1.29 is 4.42 Å². The molecule has 0 aliphatic heterocycles. The fraction of sp³-hybridized carbons (Fsp3) is 0. The lowest BCUT2D eigenvalue weighted by atomic mass is 9.99. The van der Waals surface area contributed by atoms with Gasteiger partial charge in [0.15, 0.2) is 5.58 Å². The first kappa shape index (κ1) is 33.8. The summed E-state index contributed by atoms with van der Waals surface area (Å²) in [6.07, 6.45) is 10.7. The predicted octanol–water partition coefficient (Wildman–Crippen LogP) is 13.6. The molecule has 60 heavy (non-hydrogen) atoms. The van der Waals surface area contributed by atoms with Gasteiger partial charge >= 0.3 is 0 Å². The van der Waals surface area contributed by atoms with E-state index >= 15 is 0 Å². The molecule has 0 saturated carbocycles. The number of nitrogens with zero attached hydrogens (tertiary/aromatic N) is 6. The van der Waals surface area contributed by atoms with Gasteiger partial charge in [-0.3, -0.25) is 24.9 Å². The summed E-state index contributed by atoms with van der Waals surface area (Å²) >= 11 is 0. The fourth-order valence-corrected chi connectivity index (χ4v) is 8.52. The lowest BCUT2D eigenvalue weighted by molar-refractivity contribution is 0.667. The van der Waals surface area contributed by atoms with Crippen LogP contribution in [0.15, 0.2) is 199 Å². The lowest BCUT2D eigenvalue weighted by Crippen LogP contribution is -2.10. The third-order valence-electron chi connectivity index (χ3n) is 11.5. The molecule has 0 aliphatic rings. The standard InChI is InChI=1S/C53H32N6O/c1-2-4-51-45(3-1)53-46(31-54-32-52(53)60-51)33-9-15-42(16-10-33)59(43-17-11-36-25-34(5-7-38(36)27-43)40-13-19-47-49(29-40)57-23-21-55-47)44-18-12-37-26-35(6-8-39(37)28-44)41-14-20-48-50(30-41)58-24-22-56-48/h1-32H. The number of fused-ring (bicyclic) bond motifs is 7. The first-order valence-corrected chi connectivity index (χ1v) is 19.8. The number of benzene rings is 8. The Morgan fingerprint density at radius 2 is 0.850 bits per heavy atom. The van der Waals surface area contributed by atoms with Crippen molar-refractivity contribution in [3.63, 3.8) is 0 Å². The minimum Gasteiger partial charge on any atom is -0.454 e. The molecule has 12 aromatic rings. The van der Waals surface area contributed by atoms with Crippen LogP contribution in [0.1, 0.15) is 0 Å². The Kier molecular flexibility index (Phi) is 7.71. The SMILES string of the molecule is c1ccc2c(c1)oc1cncc(-c3ccc(N(c4ccc5cc(-c6ccc7nccnc7c6)ccc5c4)c4ccc5cc(-c6ccc7nccnc7c6)ccc5c4)cc3)c12. The first-order chi connectivity index (χ1) is 29.7. The summed E-state index contributed by atoms with van der Waals surface area (Å²) in [5.74, 6) is 0. The minimum absolute atomic E-state index is 0.779. The molecule has 7 nitrogen and oxygen atoms in total. The molecule has 7 heteroatoms. The van der Waals surface area contributed by atoms with Crippen molar-refractivity contribution >= 4 is 82.6 Å². The molecule has 0 saturated heterocycles. The molecular formula is C53H32N6O. The minimum atomic E-state index is 0.779. The number of pyridine rings is 1. The fourth-order valence-electron chi connectivity index (χ4n) is 8.52. The number of furan rings is 1. The van der Waals surface area contributed by atoms with Crippen LogP contribution >= 0.6 is 0 Å². The van der Waals surface area contributed by atoms with Crippen molar-refractivity contribution in [1.82, 2.24) is 24.9 Å². The van der Waals surface area contributed by atoms with Gasteiger partial charge in [-0.05, 0) is 128 Å². The van der Waals surface area contributed by atoms with Gasteiger partial charge in [0.05, 0.1) is 28.3 Å². The van der Waals surface area contributed by atoms with Crippen LogP contribution in [0.2, 0.25) is 0 Å². The molecular weight excluding hydrogens is 737 g/mol. The second-order valence-electron chi connectivity index (χ2n) is 15.1. The third kappa shape index (κ3) is 5.79. The van der Waals surface area contributed by atoms with Crippen LogP contribution in [-0.4, -0.2) is 24.9 Å². The molecule has 0 bridgehead atoms. The summed E-state index contributed by atoms with van der Waals surface area (Å²) in [7, 11) is 0. The summed E-state index contributed by atoms with van der Waals surface area (Å²) in [5, 5.41) is 6.76. The van der Waals surface area contributed by atoms with Crippen molar-refractivity contribution in [1.29, 1.82) is 0 Å². The summed E-state index contributed by atoms with van der Waals surface area (Å²) in [5.41, 5.74) is 14.9. The maximum absolute atomic E-state index is 6.18. The quantitative estimate of drug-likeness (QED) is 0.167. The average molecular weight is 769 g/mol. The van der Waals surface area contributed by atoms with Crippen LogP contribution in [-0.2, 0) is 0 Å². The molecule has 12 rings (SSSR count). The molecule has 0 atom stereocenters. The van der Waals surface area contributed by atoms with Gasteiger partial charge in [0.1, 0.15) is 5.58 Å². The Balaban J connectivity index is 0.955. The smallest absolute Gasteiger partial charge is 0.154 e. The molecule has 0 aliphatic carbocycles. The van der Waals surface area contributed by atoms with Crippen molar-refractivity contribution in [2.24, 2.45) is 0 Å². The number of rotatable bonds is 6. The largest absolute Gasteiger partial charge is 0.454 e. The number of aromatic nitrogens is 5. The Labute approximate surface area is 343 Å². The van der Waals surface area contributed by atoms with Gasteiger partial charge in [0.2, 0.25) is 0 Å². The van der Waals surface area contributed by atoms with Crippen molar-refractivity contribution in [3.8, 4) is 33.4 Å². The normalized spacial score (nSPS) is 11.7. The van der Waals surface area contributed by atoms with E-state index in [2.05, 4.69) is 163 Å². The van der Waals surface area contributed by atoms with E-state index in [9.17, 15) is 0 Å². The van der Waals surface area contributed by atoms with Crippen molar-refractivity contribution in [3.05, 3.63) is 195 Å². The molecule has 0 amide bonds. The van der Waals surface area contributed by atoms with Crippen molar-refractivity contribution in [2.45, 2.75) is 0 Å². The highest BCUT2D eigenvalue weighted by atomic mass is 16.3. The zero-order valence-electron chi connectivity index (χ0n) is 32.1. The van der Waals surface area contributed by atoms with Gasteiger partial charge in [-0.25, -0.2) is 0 Å². The van der Waals surface area contributed by atoms with E-state index in [0.29, 0.717) is 0 Å². The predicted molar refractivity (Wildman–Crippen MR) is 244 cm³/mol. The van der Waals surface area contributed by atoms with E-state index in [1.54, 1.807) is 31.0 Å². The third-order valence-corrected chi connectivity index (χ3v) is 11.5. The number of anilines is 3. The summed E-state index contributed by atoms with van der Waals surface area (Å²) < 4.78 is 6.18. The Hall–Kier alpha value is -8.29. The monoisotopic (exact) mass is 768 g/mol. The summed E-state index contributed by atoms with van der Waals surface area (Å²) in [6, 6.07) is 56.1. The summed E-state index contributed by atoms with van der Waals surface area (Å²) in [6.45, 7) is 0.